The van der Waals surface area contributed by atoms with Crippen molar-refractivity contribution in [3.8, 4) is 33.4 Å². The monoisotopic (exact) mass is 1770 g/mol. The first kappa shape index (κ1) is 72.2. The minimum absolute atomic E-state index is 1.11. The van der Waals surface area contributed by atoms with Crippen molar-refractivity contribution in [3.05, 3.63) is 436 Å². The Balaban J connectivity index is 0.0000000978. The highest BCUT2D eigenvalue weighted by atomic mass is 79.9. The Morgan fingerprint density at radius 3 is 0.739 bits per heavy atom. The molecule has 0 bridgehead atoms. The first-order valence-corrected chi connectivity index (χ1v) is 43.3. The topological polar surface area (TPSA) is 9.72 Å². The van der Waals surface area contributed by atoms with Gasteiger partial charge in [0.1, 0.15) is 0 Å². The largest absolute Gasteiger partial charge is 0.310 e. The number of nitrogens with zero attached hydrogens (tertiary/aromatic N) is 3. The van der Waals surface area contributed by atoms with Crippen LogP contribution in [-0.2, 0) is 0 Å². The van der Waals surface area contributed by atoms with Gasteiger partial charge in [0.05, 0.1) is 17.1 Å². The Morgan fingerprint density at radius 1 is 0.134 bits per heavy atom. The van der Waals surface area contributed by atoms with E-state index in [1.54, 1.807) is 0 Å². The lowest BCUT2D eigenvalue weighted by molar-refractivity contribution is 1.30. The molecule has 7 heteroatoms. The van der Waals surface area contributed by atoms with E-state index in [0.29, 0.717) is 0 Å². The first-order chi connectivity index (χ1) is 58.7. The SMILES string of the molecule is Brc1ccc2ccc3c(Br)ccc4ccc1c2c43.Brc1ccc2ccc3c(N(c4ccccc4)c4ccccc4)ccc4ccc1c2c43.Brc1ccccc1-c1ccc2ccc3c(N(c4ccccc4)c4ccccc4)ccc4ccc1c2c43.c1ccc(N(c2ccccc2)c2ccc3cc4c5c(ccc6ccc2c3c65)-c2ccccc2-4)cc1. The number of hydrogen-bond donors (Lipinski definition) is 0. The highest BCUT2D eigenvalue weighted by Gasteiger charge is 2.28. The maximum atomic E-state index is 3.78. The molecule has 560 valence electrons. The van der Waals surface area contributed by atoms with Crippen LogP contribution in [0.15, 0.2) is 436 Å². The molecule has 25 rings (SSSR count). The van der Waals surface area contributed by atoms with Gasteiger partial charge in [-0.1, -0.05) is 361 Å². The van der Waals surface area contributed by atoms with E-state index in [2.05, 4.69) is 497 Å². The van der Waals surface area contributed by atoms with Crippen LogP contribution in [0, 0.1) is 0 Å². The summed E-state index contributed by atoms with van der Waals surface area (Å²) < 4.78 is 4.56. The van der Waals surface area contributed by atoms with Gasteiger partial charge in [-0.25, -0.2) is 0 Å². The van der Waals surface area contributed by atoms with Crippen molar-refractivity contribution in [3.63, 3.8) is 0 Å². The maximum absolute atomic E-state index is 3.78. The van der Waals surface area contributed by atoms with Crippen molar-refractivity contribution in [1.82, 2.24) is 0 Å². The lowest BCUT2D eigenvalue weighted by Gasteiger charge is -2.27. The second-order valence-corrected chi connectivity index (χ2v) is 34.0. The predicted molar refractivity (Wildman–Crippen MR) is 525 cm³/mol. The number of anilines is 9. The molecule has 0 heterocycles. The molecule has 0 spiro atoms. The van der Waals surface area contributed by atoms with Gasteiger partial charge in [0.2, 0.25) is 0 Å². The molecular weight excluding hydrogens is 1710 g/mol. The molecule has 1 aliphatic carbocycles. The summed E-state index contributed by atoms with van der Waals surface area (Å²) in [6, 6.07) is 151. The van der Waals surface area contributed by atoms with Crippen LogP contribution >= 0.6 is 63.7 Å². The average Bonchev–Trinajstić information content (AvgIpc) is 1.60. The van der Waals surface area contributed by atoms with Gasteiger partial charge in [0, 0.05) is 68.2 Å². The van der Waals surface area contributed by atoms with Crippen LogP contribution in [0.4, 0.5) is 51.2 Å². The Kier molecular flexibility index (Phi) is 18.2. The zero-order chi connectivity index (χ0) is 79.3. The van der Waals surface area contributed by atoms with Crippen molar-refractivity contribution in [1.29, 1.82) is 0 Å². The number of para-hydroxylation sites is 6. The highest BCUT2D eigenvalue weighted by molar-refractivity contribution is 9.11. The zero-order valence-corrected chi connectivity index (χ0v) is 70.5. The van der Waals surface area contributed by atoms with Crippen LogP contribution in [0.25, 0.3) is 163 Å². The molecule has 24 aromatic rings. The molecule has 0 unspecified atom stereocenters. The predicted octanol–water partition coefficient (Wildman–Crippen LogP) is 35.1. The maximum Gasteiger partial charge on any atom is 0.0540 e. The Labute approximate surface area is 722 Å². The zero-order valence-electron chi connectivity index (χ0n) is 64.2. The summed E-state index contributed by atoms with van der Waals surface area (Å²) in [5.74, 6) is 0. The van der Waals surface area contributed by atoms with Gasteiger partial charge >= 0.3 is 0 Å². The van der Waals surface area contributed by atoms with E-state index in [0.717, 1.165) is 52.0 Å². The third-order valence-electron chi connectivity index (χ3n) is 24.0. The molecule has 119 heavy (non-hydrogen) atoms. The molecular formula is C112H69Br4N3. The Hall–Kier alpha value is -13.2. The number of benzene rings is 24. The molecule has 0 atom stereocenters. The summed E-state index contributed by atoms with van der Waals surface area (Å²) in [7, 11) is 0. The molecule has 0 radical (unpaired) electrons. The van der Waals surface area contributed by atoms with Crippen molar-refractivity contribution in [2.75, 3.05) is 14.7 Å². The molecule has 0 fully saturated rings. The van der Waals surface area contributed by atoms with E-state index in [1.807, 2.05) is 0 Å². The van der Waals surface area contributed by atoms with Crippen molar-refractivity contribution >= 4 is 244 Å². The van der Waals surface area contributed by atoms with Gasteiger partial charge in [-0.15, -0.1) is 0 Å². The number of rotatable bonds is 10. The second-order valence-electron chi connectivity index (χ2n) is 30.5. The Morgan fingerprint density at radius 2 is 0.378 bits per heavy atom. The molecule has 0 aromatic heterocycles. The summed E-state index contributed by atoms with van der Waals surface area (Å²) in [6.07, 6.45) is 0. The summed E-state index contributed by atoms with van der Waals surface area (Å²) in [5.41, 5.74) is 18.3. The second kappa shape index (κ2) is 30.0. The minimum Gasteiger partial charge on any atom is -0.310 e. The smallest absolute Gasteiger partial charge is 0.0540 e. The van der Waals surface area contributed by atoms with Crippen LogP contribution in [0.5, 0.6) is 0 Å². The number of fused-ring (bicyclic) bond motifs is 3. The standard InChI is InChI=1S/C34H22BrN.C34H21N.C28H18BrN.C16H8Br2/c35-31-14-8-7-13-28(31)27-19-15-23-17-21-30-32(22-18-24-16-20-29(27)33(23)34(24)30)36(25-9-3-1-4-10-25)26-11-5-2-6-12-26;1-3-9-24(10-4-1)35(25-11-5-2-6-12-25)31-20-17-23-21-30-27-14-8-7-13-26(27)28-18-15-22-16-19-29(31)32(23)33(22)34(28)30;29-25-17-13-19-12-16-24-26(18-14-20-11-15-23(25)27(19)28(20)24)30(21-7-3-1-4-8-21)22-9-5-2-6-10-22;17-13-8-4-10-2-6-12-14(18)7-3-9-1-5-11(13)16(10)15(9)12/h1-22H;1-21H;1-18H;1-8H. The van der Waals surface area contributed by atoms with Gasteiger partial charge in [-0.05, 0) is 268 Å². The average molecular weight is 1780 g/mol. The molecule has 24 aromatic carbocycles. The fourth-order valence-electron chi connectivity index (χ4n) is 18.8. The molecule has 1 aliphatic rings. The van der Waals surface area contributed by atoms with E-state index in [-0.39, 0.29) is 0 Å². The molecule has 0 N–H and O–H groups in total. The van der Waals surface area contributed by atoms with Crippen molar-refractivity contribution in [2.45, 2.75) is 0 Å². The van der Waals surface area contributed by atoms with Crippen LogP contribution in [0.2, 0.25) is 0 Å². The lowest BCUT2D eigenvalue weighted by atomic mass is 9.89. The lowest BCUT2D eigenvalue weighted by Crippen LogP contribution is -2.10. The fourth-order valence-corrected chi connectivity index (χ4v) is 20.7. The third-order valence-corrected chi connectivity index (χ3v) is 26.8. The van der Waals surface area contributed by atoms with Gasteiger partial charge in [0.15, 0.2) is 0 Å². The number of halogens is 4. The van der Waals surface area contributed by atoms with Gasteiger partial charge in [-0.3, -0.25) is 0 Å². The number of hydrogen-bond acceptors (Lipinski definition) is 3. The van der Waals surface area contributed by atoms with Crippen LogP contribution < -0.4 is 14.7 Å². The first-order valence-electron chi connectivity index (χ1n) is 40.1. The fraction of sp³-hybridized carbons (Fsp3) is 0. The van der Waals surface area contributed by atoms with E-state index in [9.17, 15) is 0 Å². The van der Waals surface area contributed by atoms with Crippen LogP contribution in [0.3, 0.4) is 0 Å². The van der Waals surface area contributed by atoms with Crippen LogP contribution in [-0.4, -0.2) is 0 Å². The van der Waals surface area contributed by atoms with E-state index in [4.69, 9.17) is 0 Å². The van der Waals surface area contributed by atoms with E-state index < -0.39 is 0 Å². The summed E-state index contributed by atoms with van der Waals surface area (Å²) in [4.78, 5) is 7.09. The van der Waals surface area contributed by atoms with Gasteiger partial charge < -0.3 is 14.7 Å². The normalized spacial score (nSPS) is 11.7. The quantitative estimate of drug-likeness (QED) is 0.126. The highest BCUT2D eigenvalue weighted by Crippen LogP contribution is 2.55. The van der Waals surface area contributed by atoms with Crippen molar-refractivity contribution < 1.29 is 0 Å². The summed E-state index contributed by atoms with van der Waals surface area (Å²) >= 11 is 14.8. The molecule has 3 nitrogen and oxygen atoms in total. The van der Waals surface area contributed by atoms with Crippen LogP contribution in [0.1, 0.15) is 0 Å². The molecule has 0 amide bonds. The Bertz CT molecular complexity index is 7770. The third kappa shape index (κ3) is 12.3. The summed E-state index contributed by atoms with van der Waals surface area (Å²) in [5, 5.41) is 31.3. The molecule has 0 aliphatic heterocycles. The minimum atomic E-state index is 1.11. The molecule has 0 saturated heterocycles. The van der Waals surface area contributed by atoms with Crippen molar-refractivity contribution in [2.24, 2.45) is 0 Å². The molecule has 0 saturated carbocycles. The summed E-state index contributed by atoms with van der Waals surface area (Å²) in [6.45, 7) is 0. The van der Waals surface area contributed by atoms with Gasteiger partial charge in [-0.2, -0.15) is 0 Å². The van der Waals surface area contributed by atoms with E-state index in [1.165, 1.54) is 180 Å². The van der Waals surface area contributed by atoms with Gasteiger partial charge in [0.25, 0.3) is 0 Å². The van der Waals surface area contributed by atoms with E-state index >= 15 is 0 Å².